The second kappa shape index (κ2) is 8.22. The van der Waals surface area contributed by atoms with Crippen LogP contribution in [0.3, 0.4) is 0 Å². The van der Waals surface area contributed by atoms with Crippen LogP contribution in [0.4, 0.5) is 9.93 Å². The van der Waals surface area contributed by atoms with Gasteiger partial charge in [-0.2, -0.15) is 5.10 Å². The summed E-state index contributed by atoms with van der Waals surface area (Å²) in [5, 5.41) is 10.3. The Morgan fingerprint density at radius 2 is 1.93 bits per heavy atom. The summed E-state index contributed by atoms with van der Waals surface area (Å²) in [5.74, 6) is 0. The first-order valence-corrected chi connectivity index (χ1v) is 9.94. The van der Waals surface area contributed by atoms with E-state index in [-0.39, 0.29) is 6.03 Å². The van der Waals surface area contributed by atoms with Crippen molar-refractivity contribution in [3.05, 3.63) is 59.9 Å². The highest BCUT2D eigenvalue weighted by molar-refractivity contribution is 7.13. The molecular formula is C19H22N6OS. The van der Waals surface area contributed by atoms with Gasteiger partial charge in [-0.3, -0.25) is 0 Å². The molecule has 8 heteroatoms. The second-order valence-corrected chi connectivity index (χ2v) is 7.26. The Morgan fingerprint density at radius 3 is 2.59 bits per heavy atom. The van der Waals surface area contributed by atoms with Crippen molar-refractivity contribution in [2.75, 3.05) is 37.6 Å². The van der Waals surface area contributed by atoms with Gasteiger partial charge in [0.1, 0.15) is 0 Å². The van der Waals surface area contributed by atoms with Crippen molar-refractivity contribution in [1.82, 2.24) is 25.0 Å². The summed E-state index contributed by atoms with van der Waals surface area (Å²) >= 11 is 1.64. The molecule has 0 spiro atoms. The number of hydrogen-bond donors (Lipinski definition) is 1. The number of anilines is 1. The fraction of sp³-hybridized carbons (Fsp3) is 0.316. The molecule has 1 saturated heterocycles. The standard InChI is InChI=1S/C19H22N6OS/c26-18(23-11-13-24(14-12-23)19-21-9-15-27-19)20-8-6-16-2-4-17(5-3-16)25-10-1-7-22-25/h1-5,7,9-10,15H,6,8,11-14H2,(H,20,26). The van der Waals surface area contributed by atoms with Crippen LogP contribution in [-0.4, -0.2) is 58.4 Å². The molecule has 1 aromatic carbocycles. The summed E-state index contributed by atoms with van der Waals surface area (Å²) in [7, 11) is 0. The molecule has 4 rings (SSSR count). The molecule has 0 saturated carbocycles. The maximum atomic E-state index is 12.4. The minimum Gasteiger partial charge on any atom is -0.345 e. The predicted molar refractivity (Wildman–Crippen MR) is 107 cm³/mol. The number of amides is 2. The van der Waals surface area contributed by atoms with E-state index in [1.165, 1.54) is 5.56 Å². The van der Waals surface area contributed by atoms with Gasteiger partial charge in [0.2, 0.25) is 0 Å². The Kier molecular flexibility index (Phi) is 5.34. The summed E-state index contributed by atoms with van der Waals surface area (Å²) in [6.07, 6.45) is 6.31. The van der Waals surface area contributed by atoms with Gasteiger partial charge >= 0.3 is 6.03 Å². The summed E-state index contributed by atoms with van der Waals surface area (Å²) in [6.45, 7) is 3.74. The van der Waals surface area contributed by atoms with Gasteiger partial charge in [0, 0.05) is 56.7 Å². The lowest BCUT2D eigenvalue weighted by atomic mass is 10.1. The highest BCUT2D eigenvalue weighted by atomic mass is 32.1. The third-order valence-electron chi connectivity index (χ3n) is 4.65. The molecule has 0 unspecified atom stereocenters. The van der Waals surface area contributed by atoms with E-state index >= 15 is 0 Å². The lowest BCUT2D eigenvalue weighted by Gasteiger charge is -2.34. The number of thiazole rings is 1. The van der Waals surface area contributed by atoms with E-state index in [2.05, 4.69) is 32.4 Å². The molecular weight excluding hydrogens is 360 g/mol. The Balaban J connectivity index is 1.21. The number of hydrogen-bond acceptors (Lipinski definition) is 5. The van der Waals surface area contributed by atoms with E-state index in [9.17, 15) is 4.79 Å². The lowest BCUT2D eigenvalue weighted by molar-refractivity contribution is 0.194. The fourth-order valence-electron chi connectivity index (χ4n) is 3.14. The number of piperazine rings is 1. The summed E-state index contributed by atoms with van der Waals surface area (Å²) < 4.78 is 1.83. The van der Waals surface area contributed by atoms with Crippen molar-refractivity contribution in [3.63, 3.8) is 0 Å². The highest BCUT2D eigenvalue weighted by Gasteiger charge is 2.21. The van der Waals surface area contributed by atoms with Crippen molar-refractivity contribution < 1.29 is 4.79 Å². The predicted octanol–water partition coefficient (Wildman–Crippen LogP) is 2.40. The smallest absolute Gasteiger partial charge is 0.317 e. The van der Waals surface area contributed by atoms with Gasteiger partial charge in [-0.15, -0.1) is 11.3 Å². The Labute approximate surface area is 162 Å². The lowest BCUT2D eigenvalue weighted by Crippen LogP contribution is -2.52. The average Bonchev–Trinajstić information content (AvgIpc) is 3.43. The Morgan fingerprint density at radius 1 is 1.11 bits per heavy atom. The number of urea groups is 1. The number of nitrogens with one attached hydrogen (secondary N) is 1. The Hall–Kier alpha value is -2.87. The van der Waals surface area contributed by atoms with Gasteiger partial charge in [0.05, 0.1) is 5.69 Å². The van der Waals surface area contributed by atoms with Gasteiger partial charge in [-0.1, -0.05) is 12.1 Å². The monoisotopic (exact) mass is 382 g/mol. The van der Waals surface area contributed by atoms with Crippen LogP contribution in [0.2, 0.25) is 0 Å². The van der Waals surface area contributed by atoms with Crippen molar-refractivity contribution in [1.29, 1.82) is 0 Å². The van der Waals surface area contributed by atoms with Gasteiger partial charge in [0.15, 0.2) is 5.13 Å². The van der Waals surface area contributed by atoms with Crippen LogP contribution in [-0.2, 0) is 6.42 Å². The van der Waals surface area contributed by atoms with Crippen molar-refractivity contribution in [2.24, 2.45) is 0 Å². The van der Waals surface area contributed by atoms with Crippen LogP contribution in [0.1, 0.15) is 5.56 Å². The minimum atomic E-state index is 0.0157. The quantitative estimate of drug-likeness (QED) is 0.736. The van der Waals surface area contributed by atoms with Crippen molar-refractivity contribution >= 4 is 22.5 Å². The molecule has 0 aliphatic carbocycles. The highest BCUT2D eigenvalue weighted by Crippen LogP contribution is 2.18. The molecule has 3 heterocycles. The number of aromatic nitrogens is 3. The van der Waals surface area contributed by atoms with E-state index in [0.29, 0.717) is 6.54 Å². The summed E-state index contributed by atoms with van der Waals surface area (Å²) in [5.41, 5.74) is 2.23. The second-order valence-electron chi connectivity index (χ2n) is 6.39. The summed E-state index contributed by atoms with van der Waals surface area (Å²) in [6, 6.07) is 10.2. The Bertz CT molecular complexity index is 839. The minimum absolute atomic E-state index is 0.0157. The number of carbonyl (C=O) groups is 1. The largest absolute Gasteiger partial charge is 0.345 e. The number of benzene rings is 1. The van der Waals surface area contributed by atoms with E-state index in [1.807, 2.05) is 45.6 Å². The summed E-state index contributed by atoms with van der Waals surface area (Å²) in [4.78, 5) is 20.8. The van der Waals surface area contributed by atoms with Gasteiger partial charge < -0.3 is 15.1 Å². The van der Waals surface area contributed by atoms with E-state index in [4.69, 9.17) is 0 Å². The van der Waals surface area contributed by atoms with Crippen LogP contribution in [0.15, 0.2) is 54.3 Å². The number of rotatable bonds is 5. The maximum absolute atomic E-state index is 12.4. The first-order chi connectivity index (χ1) is 13.3. The molecule has 3 aromatic rings. The molecule has 140 valence electrons. The maximum Gasteiger partial charge on any atom is 0.317 e. The first kappa shape index (κ1) is 17.5. The molecule has 0 bridgehead atoms. The van der Waals surface area contributed by atoms with E-state index in [0.717, 1.165) is 43.4 Å². The molecule has 27 heavy (non-hydrogen) atoms. The SMILES string of the molecule is O=C(NCCc1ccc(-n2cccn2)cc1)N1CCN(c2nccs2)CC1. The van der Waals surface area contributed by atoms with Gasteiger partial charge in [-0.05, 0) is 30.2 Å². The molecule has 1 fully saturated rings. The van der Waals surface area contributed by atoms with Crippen LogP contribution in [0, 0.1) is 0 Å². The van der Waals surface area contributed by atoms with Gasteiger partial charge in [0.25, 0.3) is 0 Å². The molecule has 2 amide bonds. The van der Waals surface area contributed by atoms with Crippen LogP contribution >= 0.6 is 11.3 Å². The third kappa shape index (κ3) is 4.28. The molecule has 0 atom stereocenters. The normalized spacial score (nSPS) is 14.4. The van der Waals surface area contributed by atoms with Crippen molar-refractivity contribution in [3.8, 4) is 5.69 Å². The molecule has 1 aliphatic heterocycles. The molecule has 7 nitrogen and oxygen atoms in total. The zero-order valence-electron chi connectivity index (χ0n) is 15.0. The molecule has 0 radical (unpaired) electrons. The molecule has 2 aromatic heterocycles. The molecule has 1 N–H and O–H groups in total. The first-order valence-electron chi connectivity index (χ1n) is 9.06. The topological polar surface area (TPSA) is 66.3 Å². The zero-order chi connectivity index (χ0) is 18.5. The average molecular weight is 382 g/mol. The van der Waals surface area contributed by atoms with E-state index < -0.39 is 0 Å². The number of nitrogens with zero attached hydrogens (tertiary/aromatic N) is 5. The van der Waals surface area contributed by atoms with Crippen LogP contribution < -0.4 is 10.2 Å². The number of carbonyl (C=O) groups excluding carboxylic acids is 1. The zero-order valence-corrected chi connectivity index (χ0v) is 15.8. The van der Waals surface area contributed by atoms with E-state index in [1.54, 1.807) is 17.5 Å². The van der Waals surface area contributed by atoms with Crippen LogP contribution in [0.5, 0.6) is 0 Å². The third-order valence-corrected chi connectivity index (χ3v) is 5.48. The van der Waals surface area contributed by atoms with Crippen LogP contribution in [0.25, 0.3) is 5.69 Å². The fourth-order valence-corrected chi connectivity index (χ4v) is 3.83. The van der Waals surface area contributed by atoms with Gasteiger partial charge in [-0.25, -0.2) is 14.5 Å². The molecule has 1 aliphatic rings. The van der Waals surface area contributed by atoms with Crippen molar-refractivity contribution in [2.45, 2.75) is 6.42 Å².